The van der Waals surface area contributed by atoms with Gasteiger partial charge in [0, 0.05) is 25.0 Å². The normalized spacial score (nSPS) is 32.2. The minimum absolute atomic E-state index is 0.204. The summed E-state index contributed by atoms with van der Waals surface area (Å²) in [4.78, 5) is 16.2. The molecular formula is C11H16N4O. The van der Waals surface area contributed by atoms with Gasteiger partial charge in [0.2, 0.25) is 0 Å². The summed E-state index contributed by atoms with van der Waals surface area (Å²) >= 11 is 0. The van der Waals surface area contributed by atoms with Crippen LogP contribution in [0.4, 0.5) is 0 Å². The fraction of sp³-hybridized carbons (Fsp3) is 0.727. The van der Waals surface area contributed by atoms with Crippen molar-refractivity contribution in [2.75, 3.05) is 0 Å². The highest BCUT2D eigenvalue weighted by Crippen LogP contribution is 2.34. The number of rotatable bonds is 3. The van der Waals surface area contributed by atoms with Gasteiger partial charge in [-0.2, -0.15) is 5.10 Å². The molecule has 2 aliphatic rings. The van der Waals surface area contributed by atoms with E-state index in [9.17, 15) is 4.79 Å². The second-order valence-electron chi connectivity index (χ2n) is 4.83. The topological polar surface area (TPSA) is 59.8 Å². The molecule has 1 N–H and O–H groups in total. The lowest BCUT2D eigenvalue weighted by Crippen LogP contribution is -2.30. The number of ketones is 1. The summed E-state index contributed by atoms with van der Waals surface area (Å²) in [5, 5.41) is 7.47. The van der Waals surface area contributed by atoms with Crippen LogP contribution in [0.1, 0.15) is 25.1 Å². The van der Waals surface area contributed by atoms with Gasteiger partial charge in [0.1, 0.15) is 17.9 Å². The Morgan fingerprint density at radius 3 is 3.06 bits per heavy atom. The van der Waals surface area contributed by atoms with Crippen LogP contribution < -0.4 is 5.32 Å². The molecule has 2 fully saturated rings. The van der Waals surface area contributed by atoms with Crippen molar-refractivity contribution in [3.8, 4) is 0 Å². The van der Waals surface area contributed by atoms with E-state index in [-0.39, 0.29) is 5.92 Å². The van der Waals surface area contributed by atoms with E-state index in [0.717, 1.165) is 18.7 Å². The Labute approximate surface area is 94.2 Å². The maximum atomic E-state index is 12.1. The molecule has 16 heavy (non-hydrogen) atoms. The molecule has 2 aliphatic heterocycles. The van der Waals surface area contributed by atoms with E-state index >= 15 is 0 Å². The molecule has 2 saturated heterocycles. The van der Waals surface area contributed by atoms with Gasteiger partial charge in [0.15, 0.2) is 0 Å². The zero-order valence-electron chi connectivity index (χ0n) is 9.39. The molecule has 2 bridgehead atoms. The highest BCUT2D eigenvalue weighted by atomic mass is 16.1. The zero-order chi connectivity index (χ0) is 11.1. The van der Waals surface area contributed by atoms with Crippen LogP contribution >= 0.6 is 0 Å². The molecule has 0 amide bonds. The summed E-state index contributed by atoms with van der Waals surface area (Å²) in [6.07, 6.45) is 5.33. The van der Waals surface area contributed by atoms with E-state index in [2.05, 4.69) is 15.4 Å². The van der Waals surface area contributed by atoms with Gasteiger partial charge in [-0.15, -0.1) is 0 Å². The molecule has 3 unspecified atom stereocenters. The molecular weight excluding hydrogens is 204 g/mol. The van der Waals surface area contributed by atoms with Crippen molar-refractivity contribution in [2.45, 2.75) is 37.8 Å². The molecule has 0 spiro atoms. The van der Waals surface area contributed by atoms with E-state index in [0.29, 0.717) is 24.3 Å². The van der Waals surface area contributed by atoms with Crippen molar-refractivity contribution in [3.63, 3.8) is 0 Å². The number of fused-ring (bicyclic) bond motifs is 2. The third kappa shape index (κ3) is 1.55. The van der Waals surface area contributed by atoms with Crippen LogP contribution in [0.15, 0.2) is 6.33 Å². The number of nitrogens with one attached hydrogen (secondary N) is 1. The number of hydrogen-bond acceptors (Lipinski definition) is 4. The lowest BCUT2D eigenvalue weighted by atomic mass is 9.85. The summed E-state index contributed by atoms with van der Waals surface area (Å²) in [5.74, 6) is 1.29. The molecule has 86 valence electrons. The van der Waals surface area contributed by atoms with Crippen molar-refractivity contribution < 1.29 is 4.79 Å². The zero-order valence-corrected chi connectivity index (χ0v) is 9.39. The quantitative estimate of drug-likeness (QED) is 0.783. The van der Waals surface area contributed by atoms with E-state index < -0.39 is 0 Å². The fourth-order valence-corrected chi connectivity index (χ4v) is 2.95. The number of nitrogens with zero attached hydrogens (tertiary/aromatic N) is 3. The smallest absolute Gasteiger partial charge is 0.145 e. The largest absolute Gasteiger partial charge is 0.310 e. The van der Waals surface area contributed by atoms with Crippen LogP contribution in [0.5, 0.6) is 0 Å². The van der Waals surface area contributed by atoms with Crippen LogP contribution in [-0.4, -0.2) is 32.6 Å². The second-order valence-corrected chi connectivity index (χ2v) is 4.83. The molecule has 0 saturated carbocycles. The van der Waals surface area contributed by atoms with Crippen molar-refractivity contribution in [1.82, 2.24) is 20.1 Å². The average Bonchev–Trinajstić information content (AvgIpc) is 2.95. The maximum absolute atomic E-state index is 12.1. The number of aromatic nitrogens is 3. The predicted octanol–water partition coefficient (Wildman–Crippen LogP) is 0.0672. The van der Waals surface area contributed by atoms with Gasteiger partial charge in [-0.25, -0.2) is 4.98 Å². The number of carbonyl (C=O) groups excluding carboxylic acids is 1. The van der Waals surface area contributed by atoms with Gasteiger partial charge in [-0.3, -0.25) is 9.48 Å². The molecule has 3 heterocycles. The van der Waals surface area contributed by atoms with Crippen molar-refractivity contribution in [2.24, 2.45) is 13.0 Å². The first-order chi connectivity index (χ1) is 7.74. The summed E-state index contributed by atoms with van der Waals surface area (Å²) in [5.41, 5.74) is 0. The molecule has 5 nitrogen and oxygen atoms in total. The minimum Gasteiger partial charge on any atom is -0.310 e. The van der Waals surface area contributed by atoms with Gasteiger partial charge in [-0.1, -0.05) is 0 Å². The molecule has 3 rings (SSSR count). The van der Waals surface area contributed by atoms with Gasteiger partial charge < -0.3 is 5.32 Å². The van der Waals surface area contributed by atoms with Crippen LogP contribution in [0.2, 0.25) is 0 Å². The van der Waals surface area contributed by atoms with E-state index in [4.69, 9.17) is 0 Å². The van der Waals surface area contributed by atoms with Crippen LogP contribution in [0, 0.1) is 5.92 Å². The summed E-state index contributed by atoms with van der Waals surface area (Å²) in [7, 11) is 1.83. The molecule has 0 aliphatic carbocycles. The average molecular weight is 220 g/mol. The van der Waals surface area contributed by atoms with Crippen molar-refractivity contribution in [1.29, 1.82) is 0 Å². The van der Waals surface area contributed by atoms with Gasteiger partial charge in [0.05, 0.1) is 6.42 Å². The molecule has 1 aromatic heterocycles. The Hall–Kier alpha value is -1.23. The molecule has 0 radical (unpaired) electrons. The second kappa shape index (κ2) is 3.66. The van der Waals surface area contributed by atoms with Crippen LogP contribution in [0.25, 0.3) is 0 Å². The first-order valence-corrected chi connectivity index (χ1v) is 5.85. The first-order valence-electron chi connectivity index (χ1n) is 5.85. The predicted molar refractivity (Wildman–Crippen MR) is 57.8 cm³/mol. The van der Waals surface area contributed by atoms with Gasteiger partial charge in [-0.05, 0) is 19.3 Å². The van der Waals surface area contributed by atoms with Crippen molar-refractivity contribution in [3.05, 3.63) is 12.2 Å². The fourth-order valence-electron chi connectivity index (χ4n) is 2.95. The van der Waals surface area contributed by atoms with E-state index in [1.54, 1.807) is 4.68 Å². The lowest BCUT2D eigenvalue weighted by molar-refractivity contribution is -0.122. The molecule has 0 aromatic carbocycles. The highest BCUT2D eigenvalue weighted by molar-refractivity contribution is 5.83. The summed E-state index contributed by atoms with van der Waals surface area (Å²) < 4.78 is 1.68. The third-order valence-electron chi connectivity index (χ3n) is 3.85. The number of Topliss-reactive ketones (excluding diaryl/α,β-unsaturated/α-hetero) is 1. The standard InChI is InChI=1S/C11H16N4O/c1-15-11(12-6-13-15)5-10(16)8-4-7-2-3-9(8)14-7/h6-9,14H,2-5H2,1H3. The van der Waals surface area contributed by atoms with Crippen LogP contribution in [0.3, 0.4) is 0 Å². The molecule has 1 aromatic rings. The number of carbonyl (C=O) groups is 1. The van der Waals surface area contributed by atoms with Crippen molar-refractivity contribution >= 4 is 5.78 Å². The van der Waals surface area contributed by atoms with Crippen LogP contribution in [-0.2, 0) is 18.3 Å². The Balaban J connectivity index is 1.68. The molecule has 3 atom stereocenters. The Morgan fingerprint density at radius 1 is 1.62 bits per heavy atom. The summed E-state index contributed by atoms with van der Waals surface area (Å²) in [6, 6.07) is 1.00. The maximum Gasteiger partial charge on any atom is 0.145 e. The number of aryl methyl sites for hydroxylation is 1. The van der Waals surface area contributed by atoms with Gasteiger partial charge in [0.25, 0.3) is 0 Å². The minimum atomic E-state index is 0.204. The van der Waals surface area contributed by atoms with E-state index in [1.807, 2.05) is 7.05 Å². The lowest BCUT2D eigenvalue weighted by Gasteiger charge is -2.18. The Morgan fingerprint density at radius 2 is 2.50 bits per heavy atom. The van der Waals surface area contributed by atoms with E-state index in [1.165, 1.54) is 12.7 Å². The monoisotopic (exact) mass is 220 g/mol. The highest BCUT2D eigenvalue weighted by Gasteiger charge is 2.42. The molecule has 5 heteroatoms. The third-order valence-corrected chi connectivity index (χ3v) is 3.85. The Bertz CT molecular complexity index is 414. The Kier molecular flexibility index (Phi) is 2.28. The summed E-state index contributed by atoms with van der Waals surface area (Å²) in [6.45, 7) is 0. The number of hydrogen-bond donors (Lipinski definition) is 1. The first kappa shape index (κ1) is 9.96. The SMILES string of the molecule is Cn1ncnc1CC(=O)C1CC2CCC1N2. The van der Waals surface area contributed by atoms with Gasteiger partial charge >= 0.3 is 0 Å².